The van der Waals surface area contributed by atoms with Gasteiger partial charge in [-0.25, -0.2) is 4.79 Å². The maximum absolute atomic E-state index is 12.0. The van der Waals surface area contributed by atoms with Crippen LogP contribution in [0, 0.1) is 0 Å². The molecule has 5 heteroatoms. The first-order chi connectivity index (χ1) is 9.08. The van der Waals surface area contributed by atoms with E-state index in [-0.39, 0.29) is 12.0 Å². The monoisotopic (exact) mass is 263 g/mol. The van der Waals surface area contributed by atoms with Crippen LogP contribution >= 0.6 is 0 Å². The molecule has 1 heterocycles. The number of carboxylic acids is 1. The summed E-state index contributed by atoms with van der Waals surface area (Å²) in [6.45, 7) is 1.90. The van der Waals surface area contributed by atoms with Crippen molar-refractivity contribution in [3.05, 3.63) is 35.9 Å². The van der Waals surface area contributed by atoms with Gasteiger partial charge in [-0.15, -0.1) is 0 Å². The van der Waals surface area contributed by atoms with Gasteiger partial charge in [-0.1, -0.05) is 30.3 Å². The van der Waals surface area contributed by atoms with E-state index in [9.17, 15) is 14.7 Å². The average molecular weight is 263 g/mol. The first kappa shape index (κ1) is 13.5. The van der Waals surface area contributed by atoms with E-state index in [1.165, 1.54) is 0 Å². The molecule has 0 bridgehead atoms. The number of aliphatic carboxylic acids is 1. The summed E-state index contributed by atoms with van der Waals surface area (Å²) < 4.78 is 5.43. The highest BCUT2D eigenvalue weighted by molar-refractivity contribution is 5.87. The van der Waals surface area contributed by atoms with Gasteiger partial charge in [0.15, 0.2) is 6.04 Å². The van der Waals surface area contributed by atoms with Gasteiger partial charge < -0.3 is 15.2 Å². The second kappa shape index (κ2) is 5.84. The van der Waals surface area contributed by atoms with Crippen molar-refractivity contribution in [3.8, 4) is 0 Å². The van der Waals surface area contributed by atoms with Crippen LogP contribution in [0.5, 0.6) is 0 Å². The molecule has 1 saturated heterocycles. The van der Waals surface area contributed by atoms with E-state index in [0.717, 1.165) is 6.42 Å². The molecule has 1 aliphatic heterocycles. The van der Waals surface area contributed by atoms with Gasteiger partial charge >= 0.3 is 5.97 Å². The maximum atomic E-state index is 12.0. The third-order valence-corrected chi connectivity index (χ3v) is 3.19. The van der Waals surface area contributed by atoms with Crippen LogP contribution in [0.3, 0.4) is 0 Å². The van der Waals surface area contributed by atoms with Gasteiger partial charge in [0.25, 0.3) is 0 Å². The highest BCUT2D eigenvalue weighted by Gasteiger charge is 2.31. The van der Waals surface area contributed by atoms with Crippen LogP contribution in [0.4, 0.5) is 0 Å². The van der Waals surface area contributed by atoms with Crippen LogP contribution in [0.1, 0.15) is 31.4 Å². The van der Waals surface area contributed by atoms with Crippen LogP contribution in [0.25, 0.3) is 0 Å². The summed E-state index contributed by atoms with van der Waals surface area (Å²) in [6, 6.07) is 7.60. The maximum Gasteiger partial charge on any atom is 0.330 e. The van der Waals surface area contributed by atoms with Crippen molar-refractivity contribution in [2.45, 2.75) is 38.0 Å². The number of carbonyl (C=O) groups excluding carboxylic acids is 1. The van der Waals surface area contributed by atoms with Gasteiger partial charge in [0.1, 0.15) is 6.10 Å². The lowest BCUT2D eigenvalue weighted by Crippen LogP contribution is -2.40. The van der Waals surface area contributed by atoms with Gasteiger partial charge in [0.05, 0.1) is 6.10 Å². The molecule has 0 radical (unpaired) electrons. The lowest BCUT2D eigenvalue weighted by atomic mass is 10.1. The second-order valence-electron chi connectivity index (χ2n) is 4.70. The van der Waals surface area contributed by atoms with Crippen LogP contribution < -0.4 is 5.32 Å². The van der Waals surface area contributed by atoms with Gasteiger partial charge in [0.2, 0.25) is 5.91 Å². The Morgan fingerprint density at radius 3 is 2.53 bits per heavy atom. The van der Waals surface area contributed by atoms with E-state index >= 15 is 0 Å². The molecule has 19 heavy (non-hydrogen) atoms. The first-order valence-electron chi connectivity index (χ1n) is 6.31. The smallest absolute Gasteiger partial charge is 0.330 e. The standard InChI is InChI=1S/C14H17NO4/c1-9-7-8-11(19-9)13(16)15-12(14(17)18)10-5-3-2-4-6-10/h2-6,9,11-12H,7-8H2,1H3,(H,15,16)(H,17,18)/t9-,11+,12+/m1/s1. The van der Waals surface area contributed by atoms with Crippen LogP contribution in [-0.4, -0.2) is 29.2 Å². The number of benzene rings is 1. The molecule has 0 spiro atoms. The number of ether oxygens (including phenoxy) is 1. The molecule has 0 aromatic heterocycles. The lowest BCUT2D eigenvalue weighted by Gasteiger charge is -2.17. The Labute approximate surface area is 111 Å². The summed E-state index contributed by atoms with van der Waals surface area (Å²) in [5.41, 5.74) is 0.550. The Morgan fingerprint density at radius 1 is 1.32 bits per heavy atom. The highest BCUT2D eigenvalue weighted by atomic mass is 16.5. The molecule has 1 amide bonds. The van der Waals surface area contributed by atoms with E-state index in [1.54, 1.807) is 30.3 Å². The molecule has 2 N–H and O–H groups in total. The predicted octanol–water partition coefficient (Wildman–Crippen LogP) is 1.50. The van der Waals surface area contributed by atoms with Crippen molar-refractivity contribution in [1.82, 2.24) is 5.32 Å². The molecular weight excluding hydrogens is 246 g/mol. The molecule has 102 valence electrons. The minimum absolute atomic E-state index is 0.0516. The van der Waals surface area contributed by atoms with E-state index < -0.39 is 18.1 Å². The Balaban J connectivity index is 2.05. The average Bonchev–Trinajstić information content (AvgIpc) is 2.83. The minimum atomic E-state index is -1.08. The zero-order valence-electron chi connectivity index (χ0n) is 10.7. The Bertz CT molecular complexity index is 460. The molecule has 2 rings (SSSR count). The molecule has 5 nitrogen and oxygen atoms in total. The van der Waals surface area contributed by atoms with Crippen molar-refractivity contribution < 1.29 is 19.4 Å². The van der Waals surface area contributed by atoms with Crippen molar-refractivity contribution >= 4 is 11.9 Å². The zero-order chi connectivity index (χ0) is 13.8. The largest absolute Gasteiger partial charge is 0.479 e. The van der Waals surface area contributed by atoms with Gasteiger partial charge in [-0.2, -0.15) is 0 Å². The number of nitrogens with one attached hydrogen (secondary N) is 1. The second-order valence-corrected chi connectivity index (χ2v) is 4.70. The third-order valence-electron chi connectivity index (χ3n) is 3.19. The molecule has 3 atom stereocenters. The lowest BCUT2D eigenvalue weighted by molar-refractivity contribution is -0.144. The molecule has 1 fully saturated rings. The van der Waals surface area contributed by atoms with E-state index in [4.69, 9.17) is 4.74 Å². The number of carboxylic acid groups (broad SMARTS) is 1. The fourth-order valence-corrected chi connectivity index (χ4v) is 2.16. The van der Waals surface area contributed by atoms with Crippen molar-refractivity contribution in [2.75, 3.05) is 0 Å². The van der Waals surface area contributed by atoms with Crippen LogP contribution in [-0.2, 0) is 14.3 Å². The SMILES string of the molecule is C[C@@H]1CC[C@@H](C(=O)N[C@H](C(=O)O)c2ccccc2)O1. The first-order valence-corrected chi connectivity index (χ1v) is 6.31. The number of rotatable bonds is 4. The Kier molecular flexibility index (Phi) is 4.16. The summed E-state index contributed by atoms with van der Waals surface area (Å²) >= 11 is 0. The molecule has 1 aromatic carbocycles. The molecule has 0 aliphatic carbocycles. The summed E-state index contributed by atoms with van der Waals surface area (Å²) in [7, 11) is 0. The number of amides is 1. The van der Waals surface area contributed by atoms with Gasteiger partial charge in [0, 0.05) is 0 Å². The summed E-state index contributed by atoms with van der Waals surface area (Å²) in [5, 5.41) is 11.7. The summed E-state index contributed by atoms with van der Waals surface area (Å²) in [6.07, 6.45) is 0.964. The normalized spacial score (nSPS) is 23.8. The predicted molar refractivity (Wildman–Crippen MR) is 68.5 cm³/mol. The molecule has 0 saturated carbocycles. The third kappa shape index (κ3) is 3.32. The van der Waals surface area contributed by atoms with Crippen molar-refractivity contribution in [3.63, 3.8) is 0 Å². The summed E-state index contributed by atoms with van der Waals surface area (Å²) in [4.78, 5) is 23.2. The number of carbonyl (C=O) groups is 2. The Hall–Kier alpha value is -1.88. The molecule has 1 aliphatic rings. The van der Waals surface area contributed by atoms with Crippen molar-refractivity contribution in [2.24, 2.45) is 0 Å². The molecular formula is C14H17NO4. The van der Waals surface area contributed by atoms with Gasteiger partial charge in [-0.05, 0) is 25.3 Å². The highest BCUT2D eigenvalue weighted by Crippen LogP contribution is 2.20. The molecule has 1 aromatic rings. The number of hydrogen-bond acceptors (Lipinski definition) is 3. The van der Waals surface area contributed by atoms with Crippen molar-refractivity contribution in [1.29, 1.82) is 0 Å². The van der Waals surface area contributed by atoms with E-state index in [2.05, 4.69) is 5.32 Å². The zero-order valence-corrected chi connectivity index (χ0v) is 10.7. The van der Waals surface area contributed by atoms with E-state index in [0.29, 0.717) is 12.0 Å². The number of hydrogen-bond donors (Lipinski definition) is 2. The van der Waals surface area contributed by atoms with Crippen LogP contribution in [0.15, 0.2) is 30.3 Å². The fourth-order valence-electron chi connectivity index (χ4n) is 2.16. The topological polar surface area (TPSA) is 75.6 Å². The summed E-state index contributed by atoms with van der Waals surface area (Å²) in [5.74, 6) is -1.44. The van der Waals surface area contributed by atoms with E-state index in [1.807, 2.05) is 6.92 Å². The van der Waals surface area contributed by atoms with Gasteiger partial charge in [-0.3, -0.25) is 4.79 Å². The fraction of sp³-hybridized carbons (Fsp3) is 0.429. The van der Waals surface area contributed by atoms with Crippen LogP contribution in [0.2, 0.25) is 0 Å². The minimum Gasteiger partial charge on any atom is -0.479 e. The Morgan fingerprint density at radius 2 is 2.00 bits per heavy atom. The quantitative estimate of drug-likeness (QED) is 0.863. The molecule has 0 unspecified atom stereocenters.